The second-order valence-electron chi connectivity index (χ2n) is 5.94. The van der Waals surface area contributed by atoms with Crippen molar-refractivity contribution in [2.45, 2.75) is 39.2 Å². The van der Waals surface area contributed by atoms with Gasteiger partial charge in [0.1, 0.15) is 11.5 Å². The monoisotopic (exact) mass is 375 g/mol. The summed E-state index contributed by atoms with van der Waals surface area (Å²) in [4.78, 5) is 12.3. The zero-order chi connectivity index (χ0) is 18.8. The average Bonchev–Trinajstić information content (AvgIpc) is 2.64. The lowest BCUT2D eigenvalue weighted by molar-refractivity contribution is -0.128. The first-order chi connectivity index (χ1) is 12.6. The lowest BCUT2D eigenvalue weighted by Crippen LogP contribution is -2.38. The number of halogens is 1. The fraction of sp³-hybridized carbons (Fsp3) is 0.381. The van der Waals surface area contributed by atoms with Crippen LogP contribution in [0.25, 0.3) is 0 Å². The first kappa shape index (κ1) is 20.1. The highest BCUT2D eigenvalue weighted by atomic mass is 35.5. The first-order valence-electron chi connectivity index (χ1n) is 9.04. The average molecular weight is 376 g/mol. The molecule has 0 aromatic heterocycles. The van der Waals surface area contributed by atoms with Crippen LogP contribution in [0.3, 0.4) is 0 Å². The Bertz CT molecular complexity index is 688. The highest BCUT2D eigenvalue weighted by Gasteiger charge is 2.17. The highest BCUT2D eigenvalue weighted by Crippen LogP contribution is 2.19. The minimum absolute atomic E-state index is 0.0980. The zero-order valence-electron chi connectivity index (χ0n) is 15.3. The van der Waals surface area contributed by atoms with E-state index in [9.17, 15) is 4.79 Å². The maximum atomic E-state index is 12.3. The molecule has 26 heavy (non-hydrogen) atoms. The van der Waals surface area contributed by atoms with E-state index in [1.807, 2.05) is 26.0 Å². The molecule has 0 radical (unpaired) electrons. The van der Waals surface area contributed by atoms with E-state index in [2.05, 4.69) is 17.4 Å². The van der Waals surface area contributed by atoms with Gasteiger partial charge in [-0.3, -0.25) is 4.79 Å². The van der Waals surface area contributed by atoms with Gasteiger partial charge in [-0.25, -0.2) is 0 Å². The zero-order valence-corrected chi connectivity index (χ0v) is 16.1. The van der Waals surface area contributed by atoms with Crippen molar-refractivity contribution in [3.05, 3.63) is 59.1 Å². The number of benzene rings is 2. The summed E-state index contributed by atoms with van der Waals surface area (Å²) in [6.45, 7) is 5.17. The Morgan fingerprint density at radius 1 is 1.12 bits per heavy atom. The van der Waals surface area contributed by atoms with Gasteiger partial charge >= 0.3 is 0 Å². The predicted molar refractivity (Wildman–Crippen MR) is 105 cm³/mol. The van der Waals surface area contributed by atoms with E-state index in [1.165, 1.54) is 5.56 Å². The Hall–Kier alpha value is -2.20. The van der Waals surface area contributed by atoms with Gasteiger partial charge in [0, 0.05) is 11.6 Å². The third-order valence-corrected chi connectivity index (χ3v) is 4.15. The molecule has 2 rings (SSSR count). The summed E-state index contributed by atoms with van der Waals surface area (Å²) in [5.41, 5.74) is 1.23. The molecule has 140 valence electrons. The molecule has 0 aliphatic heterocycles. The van der Waals surface area contributed by atoms with Crippen LogP contribution in [0.5, 0.6) is 11.5 Å². The third-order valence-electron chi connectivity index (χ3n) is 3.91. The fourth-order valence-corrected chi connectivity index (χ4v) is 2.74. The van der Waals surface area contributed by atoms with E-state index in [1.54, 1.807) is 24.3 Å². The normalized spacial score (nSPS) is 11.7. The molecule has 2 aromatic rings. The molecule has 1 atom stereocenters. The van der Waals surface area contributed by atoms with E-state index in [4.69, 9.17) is 21.1 Å². The Balaban J connectivity index is 1.74. The first-order valence-corrected chi connectivity index (χ1v) is 9.41. The SMILES string of the molecule is CCOc1ccc(CCCNC(=O)C(CC)Oc2cccc(Cl)c2)cc1. The van der Waals surface area contributed by atoms with Crippen molar-refractivity contribution in [1.82, 2.24) is 5.32 Å². The van der Waals surface area contributed by atoms with Crippen LogP contribution in [-0.4, -0.2) is 25.2 Å². The van der Waals surface area contributed by atoms with Crippen molar-refractivity contribution in [3.63, 3.8) is 0 Å². The lowest BCUT2D eigenvalue weighted by atomic mass is 10.1. The van der Waals surface area contributed by atoms with Crippen molar-refractivity contribution in [1.29, 1.82) is 0 Å². The van der Waals surface area contributed by atoms with Crippen LogP contribution in [0, 0.1) is 0 Å². The summed E-state index contributed by atoms with van der Waals surface area (Å²) in [6.07, 6.45) is 1.85. The molecule has 1 N–H and O–H groups in total. The summed E-state index contributed by atoms with van der Waals surface area (Å²) in [5, 5.41) is 3.54. The largest absolute Gasteiger partial charge is 0.494 e. The molecular formula is C21H26ClNO3. The Morgan fingerprint density at radius 3 is 2.54 bits per heavy atom. The van der Waals surface area contributed by atoms with Gasteiger partial charge in [0.15, 0.2) is 6.10 Å². The van der Waals surface area contributed by atoms with Gasteiger partial charge in [-0.15, -0.1) is 0 Å². The smallest absolute Gasteiger partial charge is 0.261 e. The van der Waals surface area contributed by atoms with E-state index < -0.39 is 6.10 Å². The van der Waals surface area contributed by atoms with Crippen LogP contribution < -0.4 is 14.8 Å². The molecule has 0 fully saturated rings. The number of amides is 1. The van der Waals surface area contributed by atoms with E-state index >= 15 is 0 Å². The molecule has 0 bridgehead atoms. The summed E-state index contributed by atoms with van der Waals surface area (Å²) in [6, 6.07) is 15.2. The third kappa shape index (κ3) is 6.60. The molecule has 1 amide bonds. The minimum atomic E-state index is -0.515. The molecule has 5 heteroatoms. The van der Waals surface area contributed by atoms with Crippen LogP contribution >= 0.6 is 11.6 Å². The van der Waals surface area contributed by atoms with Crippen LogP contribution in [-0.2, 0) is 11.2 Å². The lowest BCUT2D eigenvalue weighted by Gasteiger charge is -2.17. The fourth-order valence-electron chi connectivity index (χ4n) is 2.56. The van der Waals surface area contributed by atoms with Gasteiger partial charge in [0.2, 0.25) is 0 Å². The molecule has 0 aliphatic rings. The Morgan fingerprint density at radius 2 is 1.88 bits per heavy atom. The van der Waals surface area contributed by atoms with Gasteiger partial charge in [-0.2, -0.15) is 0 Å². The number of nitrogens with one attached hydrogen (secondary N) is 1. The van der Waals surface area contributed by atoms with Crippen LogP contribution in [0.2, 0.25) is 5.02 Å². The molecule has 0 aliphatic carbocycles. The second kappa shape index (κ2) is 10.7. The highest BCUT2D eigenvalue weighted by molar-refractivity contribution is 6.30. The van der Waals surface area contributed by atoms with Gasteiger partial charge in [-0.05, 0) is 62.1 Å². The standard InChI is InChI=1S/C21H26ClNO3/c1-3-20(26-19-9-5-8-17(22)15-19)21(24)23-14-6-7-16-10-12-18(13-11-16)25-4-2/h5,8-13,15,20H,3-4,6-7,14H2,1-2H3,(H,23,24). The van der Waals surface area contributed by atoms with Crippen LogP contribution in [0.15, 0.2) is 48.5 Å². The number of ether oxygens (including phenoxy) is 2. The van der Waals surface area contributed by atoms with Crippen molar-refractivity contribution < 1.29 is 14.3 Å². The van der Waals surface area contributed by atoms with E-state index in [0.717, 1.165) is 18.6 Å². The van der Waals surface area contributed by atoms with Crippen molar-refractivity contribution >= 4 is 17.5 Å². The number of carbonyl (C=O) groups is 1. The summed E-state index contributed by atoms with van der Waals surface area (Å²) in [5.74, 6) is 1.39. The number of hydrogen-bond donors (Lipinski definition) is 1. The Kier molecular flexibility index (Phi) is 8.29. The maximum Gasteiger partial charge on any atom is 0.261 e. The summed E-state index contributed by atoms with van der Waals surface area (Å²) in [7, 11) is 0. The summed E-state index contributed by atoms with van der Waals surface area (Å²) >= 11 is 5.95. The number of hydrogen-bond acceptors (Lipinski definition) is 3. The van der Waals surface area contributed by atoms with Crippen molar-refractivity contribution in [2.75, 3.05) is 13.2 Å². The maximum absolute atomic E-state index is 12.3. The molecule has 2 aromatic carbocycles. The summed E-state index contributed by atoms with van der Waals surface area (Å²) < 4.78 is 11.2. The number of rotatable bonds is 10. The van der Waals surface area contributed by atoms with Gasteiger partial charge in [0.25, 0.3) is 5.91 Å². The topological polar surface area (TPSA) is 47.6 Å². The molecule has 0 saturated heterocycles. The molecule has 4 nitrogen and oxygen atoms in total. The van der Waals surface area contributed by atoms with Gasteiger partial charge in [0.05, 0.1) is 6.61 Å². The van der Waals surface area contributed by atoms with Crippen LogP contribution in [0.4, 0.5) is 0 Å². The minimum Gasteiger partial charge on any atom is -0.494 e. The van der Waals surface area contributed by atoms with Crippen molar-refractivity contribution in [3.8, 4) is 11.5 Å². The molecule has 0 heterocycles. The number of carbonyl (C=O) groups excluding carboxylic acids is 1. The second-order valence-corrected chi connectivity index (χ2v) is 6.38. The molecular weight excluding hydrogens is 350 g/mol. The Labute approximate surface area is 160 Å². The van der Waals surface area contributed by atoms with E-state index in [-0.39, 0.29) is 5.91 Å². The van der Waals surface area contributed by atoms with Crippen molar-refractivity contribution in [2.24, 2.45) is 0 Å². The van der Waals surface area contributed by atoms with Gasteiger partial charge in [-0.1, -0.05) is 36.7 Å². The molecule has 0 spiro atoms. The molecule has 0 saturated carbocycles. The van der Waals surface area contributed by atoms with Gasteiger partial charge < -0.3 is 14.8 Å². The molecule has 1 unspecified atom stereocenters. The van der Waals surface area contributed by atoms with E-state index in [0.29, 0.717) is 30.3 Å². The van der Waals surface area contributed by atoms with Crippen LogP contribution in [0.1, 0.15) is 32.3 Å². The predicted octanol–water partition coefficient (Wildman–Crippen LogP) is 4.65. The number of aryl methyl sites for hydroxylation is 1. The quantitative estimate of drug-likeness (QED) is 0.615.